The van der Waals surface area contributed by atoms with Crippen molar-refractivity contribution in [3.63, 3.8) is 0 Å². The van der Waals surface area contributed by atoms with Gasteiger partial charge in [-0.1, -0.05) is 42.5 Å². The second kappa shape index (κ2) is 8.75. The van der Waals surface area contributed by atoms with Crippen LogP contribution in [0.5, 0.6) is 5.75 Å². The van der Waals surface area contributed by atoms with Crippen molar-refractivity contribution in [1.29, 1.82) is 0 Å². The van der Waals surface area contributed by atoms with Crippen LogP contribution in [0.4, 0.5) is 0 Å². The first-order valence-electron chi connectivity index (χ1n) is 7.40. The van der Waals surface area contributed by atoms with E-state index in [9.17, 15) is 0 Å². The van der Waals surface area contributed by atoms with Crippen LogP contribution in [0.2, 0.25) is 0 Å². The predicted molar refractivity (Wildman–Crippen MR) is 92.2 cm³/mol. The molecule has 3 heteroatoms. The lowest BCUT2D eigenvalue weighted by atomic mass is 10.1. The molecule has 2 aromatic carbocycles. The Labute approximate surface area is 132 Å². The molecule has 0 aliphatic heterocycles. The zero-order valence-electron chi connectivity index (χ0n) is 12.2. The molecule has 0 aliphatic carbocycles. The van der Waals surface area contributed by atoms with Gasteiger partial charge in [-0.2, -0.15) is 12.6 Å². The van der Waals surface area contributed by atoms with Crippen molar-refractivity contribution in [2.45, 2.75) is 25.3 Å². The van der Waals surface area contributed by atoms with E-state index in [1.54, 1.807) is 0 Å². The molecule has 0 amide bonds. The van der Waals surface area contributed by atoms with E-state index in [0.29, 0.717) is 6.61 Å². The largest absolute Gasteiger partial charge is 0.494 e. The molecule has 0 fully saturated rings. The molecule has 2 rings (SSSR count). The minimum atomic E-state index is 0.171. The lowest BCUT2D eigenvalue weighted by Crippen LogP contribution is -2.22. The predicted octanol–water partition coefficient (Wildman–Crippen LogP) is 3.69. The molecule has 0 spiro atoms. The highest BCUT2D eigenvalue weighted by molar-refractivity contribution is 7.80. The fourth-order valence-electron chi connectivity index (χ4n) is 2.16. The van der Waals surface area contributed by atoms with Gasteiger partial charge in [0, 0.05) is 11.8 Å². The summed E-state index contributed by atoms with van der Waals surface area (Å²) in [5.74, 6) is 1.65. The molecule has 0 aliphatic rings. The number of nitrogens with two attached hydrogens (primary N) is 1. The third-order valence-electron chi connectivity index (χ3n) is 3.40. The van der Waals surface area contributed by atoms with Gasteiger partial charge in [0.15, 0.2) is 0 Å². The van der Waals surface area contributed by atoms with E-state index in [-0.39, 0.29) is 6.04 Å². The van der Waals surface area contributed by atoms with E-state index in [1.807, 2.05) is 18.2 Å². The van der Waals surface area contributed by atoms with Gasteiger partial charge >= 0.3 is 0 Å². The van der Waals surface area contributed by atoms with Crippen molar-refractivity contribution in [3.8, 4) is 5.75 Å². The Morgan fingerprint density at radius 3 is 2.29 bits per heavy atom. The molecule has 2 N–H and O–H groups in total. The van der Waals surface area contributed by atoms with Gasteiger partial charge in [0.25, 0.3) is 0 Å². The first kappa shape index (κ1) is 15.9. The van der Waals surface area contributed by atoms with Crippen LogP contribution in [0.25, 0.3) is 0 Å². The van der Waals surface area contributed by atoms with Gasteiger partial charge in [0.1, 0.15) is 5.75 Å². The monoisotopic (exact) mass is 301 g/mol. The van der Waals surface area contributed by atoms with E-state index in [4.69, 9.17) is 10.5 Å². The van der Waals surface area contributed by atoms with Gasteiger partial charge < -0.3 is 10.5 Å². The SMILES string of the molecule is N[C@H](CS)CCCOc1ccc(Cc2ccccc2)cc1. The summed E-state index contributed by atoms with van der Waals surface area (Å²) >= 11 is 4.17. The van der Waals surface area contributed by atoms with Crippen LogP contribution < -0.4 is 10.5 Å². The molecule has 0 saturated heterocycles. The van der Waals surface area contributed by atoms with Crippen LogP contribution in [0.1, 0.15) is 24.0 Å². The summed E-state index contributed by atoms with van der Waals surface area (Å²) in [6.07, 6.45) is 2.88. The highest BCUT2D eigenvalue weighted by atomic mass is 32.1. The third-order valence-corrected chi connectivity index (χ3v) is 3.87. The summed E-state index contributed by atoms with van der Waals surface area (Å²) in [5.41, 5.74) is 8.44. The second-order valence-corrected chi connectivity index (χ2v) is 5.60. The van der Waals surface area contributed by atoms with Crippen molar-refractivity contribution in [2.75, 3.05) is 12.4 Å². The maximum atomic E-state index is 5.81. The van der Waals surface area contributed by atoms with Crippen LogP contribution in [-0.2, 0) is 6.42 Å². The summed E-state index contributed by atoms with van der Waals surface area (Å²) in [6, 6.07) is 19.0. The number of rotatable bonds is 8. The van der Waals surface area contributed by atoms with E-state index < -0.39 is 0 Å². The Bertz CT molecular complexity index is 513. The first-order valence-corrected chi connectivity index (χ1v) is 8.03. The number of hydrogen-bond acceptors (Lipinski definition) is 3. The lowest BCUT2D eigenvalue weighted by Gasteiger charge is -2.10. The average Bonchev–Trinajstić information content (AvgIpc) is 2.54. The number of thiol groups is 1. The van der Waals surface area contributed by atoms with Crippen LogP contribution >= 0.6 is 12.6 Å². The normalized spacial score (nSPS) is 12.1. The van der Waals surface area contributed by atoms with Gasteiger partial charge in [-0.05, 0) is 42.5 Å². The molecule has 21 heavy (non-hydrogen) atoms. The minimum absolute atomic E-state index is 0.171. The molecule has 0 saturated carbocycles. The number of benzene rings is 2. The van der Waals surface area contributed by atoms with Gasteiger partial charge in [-0.3, -0.25) is 0 Å². The van der Waals surface area contributed by atoms with Crippen LogP contribution in [0, 0.1) is 0 Å². The topological polar surface area (TPSA) is 35.2 Å². The fraction of sp³-hybridized carbons (Fsp3) is 0.333. The van der Waals surface area contributed by atoms with Crippen LogP contribution in [0.3, 0.4) is 0 Å². The molecule has 0 unspecified atom stereocenters. The molecule has 112 valence electrons. The zero-order valence-corrected chi connectivity index (χ0v) is 13.1. The summed E-state index contributed by atoms with van der Waals surface area (Å²) in [6.45, 7) is 0.708. The van der Waals surface area contributed by atoms with E-state index in [0.717, 1.165) is 30.8 Å². The summed E-state index contributed by atoms with van der Waals surface area (Å²) in [5, 5.41) is 0. The molecular weight excluding hydrogens is 278 g/mol. The van der Waals surface area contributed by atoms with Gasteiger partial charge in [0.05, 0.1) is 6.61 Å². The third kappa shape index (κ3) is 5.82. The van der Waals surface area contributed by atoms with Crippen molar-refractivity contribution in [1.82, 2.24) is 0 Å². The van der Waals surface area contributed by atoms with Crippen LogP contribution in [-0.4, -0.2) is 18.4 Å². The smallest absolute Gasteiger partial charge is 0.119 e. The fourth-order valence-corrected chi connectivity index (χ4v) is 2.34. The van der Waals surface area contributed by atoms with Gasteiger partial charge in [-0.15, -0.1) is 0 Å². The quantitative estimate of drug-likeness (QED) is 0.576. The van der Waals surface area contributed by atoms with Crippen molar-refractivity contribution in [2.24, 2.45) is 5.73 Å². The first-order chi connectivity index (χ1) is 10.3. The standard InChI is InChI=1S/C18H23NOS/c19-17(14-21)7-4-12-20-18-10-8-16(9-11-18)13-15-5-2-1-3-6-15/h1-3,5-6,8-11,17,21H,4,7,12-14,19H2/t17-/m0/s1. The molecular formula is C18H23NOS. The summed E-state index contributed by atoms with van der Waals surface area (Å²) in [4.78, 5) is 0. The summed E-state index contributed by atoms with van der Waals surface area (Å²) in [7, 11) is 0. The maximum Gasteiger partial charge on any atom is 0.119 e. The Hall–Kier alpha value is -1.45. The Morgan fingerprint density at radius 2 is 1.62 bits per heavy atom. The minimum Gasteiger partial charge on any atom is -0.494 e. The molecule has 0 bridgehead atoms. The Kier molecular flexibility index (Phi) is 6.64. The average molecular weight is 301 g/mol. The Morgan fingerprint density at radius 1 is 0.952 bits per heavy atom. The van der Waals surface area contributed by atoms with Crippen molar-refractivity contribution >= 4 is 12.6 Å². The molecule has 2 nitrogen and oxygen atoms in total. The maximum absolute atomic E-state index is 5.81. The van der Waals surface area contributed by atoms with E-state index in [2.05, 4.69) is 49.0 Å². The molecule has 0 aromatic heterocycles. The van der Waals surface area contributed by atoms with Gasteiger partial charge in [-0.25, -0.2) is 0 Å². The highest BCUT2D eigenvalue weighted by Crippen LogP contribution is 2.15. The van der Waals surface area contributed by atoms with Crippen LogP contribution in [0.15, 0.2) is 54.6 Å². The van der Waals surface area contributed by atoms with Gasteiger partial charge in [0.2, 0.25) is 0 Å². The summed E-state index contributed by atoms with van der Waals surface area (Å²) < 4.78 is 5.73. The Balaban J connectivity index is 1.77. The van der Waals surface area contributed by atoms with E-state index >= 15 is 0 Å². The number of hydrogen-bond donors (Lipinski definition) is 2. The van der Waals surface area contributed by atoms with E-state index in [1.165, 1.54) is 11.1 Å². The highest BCUT2D eigenvalue weighted by Gasteiger charge is 2.00. The molecule has 0 heterocycles. The zero-order chi connectivity index (χ0) is 14.9. The number of ether oxygens (including phenoxy) is 1. The van der Waals surface area contributed by atoms with Crippen molar-refractivity contribution < 1.29 is 4.74 Å². The second-order valence-electron chi connectivity index (χ2n) is 5.24. The van der Waals surface area contributed by atoms with Crippen molar-refractivity contribution in [3.05, 3.63) is 65.7 Å². The molecule has 2 aromatic rings. The molecule has 1 atom stereocenters. The molecule has 0 radical (unpaired) electrons. The lowest BCUT2D eigenvalue weighted by molar-refractivity contribution is 0.303.